The highest BCUT2D eigenvalue weighted by molar-refractivity contribution is 5.70. The number of hydrogen-bond donors (Lipinski definition) is 0. The van der Waals surface area contributed by atoms with Gasteiger partial charge in [0, 0.05) is 5.56 Å². The number of ether oxygens (including phenoxy) is 2. The van der Waals surface area contributed by atoms with E-state index in [0.717, 1.165) is 48.7 Å². The van der Waals surface area contributed by atoms with E-state index in [0.29, 0.717) is 0 Å². The van der Waals surface area contributed by atoms with Crippen LogP contribution in [0.15, 0.2) is 48.5 Å². The molecule has 0 saturated carbocycles. The number of rotatable bonds is 7. The summed E-state index contributed by atoms with van der Waals surface area (Å²) < 4.78 is 11.4. The standard InChI is InChI=1S/C18H22O2/c1-3-13-19-16-11-9-15(10-12-16)17-7-5-6-8-18(17)20-14-4-2/h5-12H,3-4,13-14H2,1-2H3. The van der Waals surface area contributed by atoms with E-state index >= 15 is 0 Å². The molecule has 2 nitrogen and oxygen atoms in total. The maximum Gasteiger partial charge on any atom is 0.127 e. The predicted octanol–water partition coefficient (Wildman–Crippen LogP) is 4.93. The minimum Gasteiger partial charge on any atom is -0.494 e. The van der Waals surface area contributed by atoms with E-state index in [4.69, 9.17) is 9.47 Å². The molecule has 2 aromatic rings. The fraction of sp³-hybridized carbons (Fsp3) is 0.333. The summed E-state index contributed by atoms with van der Waals surface area (Å²) in [6, 6.07) is 16.4. The summed E-state index contributed by atoms with van der Waals surface area (Å²) in [4.78, 5) is 0. The third kappa shape index (κ3) is 3.77. The highest BCUT2D eigenvalue weighted by Gasteiger charge is 2.05. The second-order valence-electron chi connectivity index (χ2n) is 4.72. The number of para-hydroxylation sites is 1. The van der Waals surface area contributed by atoms with Gasteiger partial charge in [0.25, 0.3) is 0 Å². The molecule has 0 aliphatic rings. The van der Waals surface area contributed by atoms with Crippen LogP contribution in [0.25, 0.3) is 11.1 Å². The minimum absolute atomic E-state index is 0.745. The highest BCUT2D eigenvalue weighted by atomic mass is 16.5. The lowest BCUT2D eigenvalue weighted by Crippen LogP contribution is -1.97. The van der Waals surface area contributed by atoms with E-state index in [1.54, 1.807) is 0 Å². The first-order valence-electron chi connectivity index (χ1n) is 7.30. The van der Waals surface area contributed by atoms with Crippen molar-refractivity contribution in [2.75, 3.05) is 13.2 Å². The van der Waals surface area contributed by atoms with Gasteiger partial charge < -0.3 is 9.47 Å². The Morgan fingerprint density at radius 3 is 2.10 bits per heavy atom. The fourth-order valence-electron chi connectivity index (χ4n) is 1.99. The van der Waals surface area contributed by atoms with Crippen molar-refractivity contribution in [2.24, 2.45) is 0 Å². The van der Waals surface area contributed by atoms with Crippen LogP contribution < -0.4 is 9.47 Å². The van der Waals surface area contributed by atoms with Crippen LogP contribution in [0.2, 0.25) is 0 Å². The van der Waals surface area contributed by atoms with Crippen LogP contribution in [-0.4, -0.2) is 13.2 Å². The molecule has 0 heterocycles. The molecule has 0 unspecified atom stereocenters. The fourth-order valence-corrected chi connectivity index (χ4v) is 1.99. The zero-order chi connectivity index (χ0) is 14.2. The molecule has 2 rings (SSSR count). The second-order valence-corrected chi connectivity index (χ2v) is 4.72. The average Bonchev–Trinajstić information content (AvgIpc) is 2.52. The van der Waals surface area contributed by atoms with Crippen LogP contribution in [0.3, 0.4) is 0 Å². The normalized spacial score (nSPS) is 10.3. The molecule has 106 valence electrons. The molecule has 0 bridgehead atoms. The van der Waals surface area contributed by atoms with E-state index in [-0.39, 0.29) is 0 Å². The Hall–Kier alpha value is -1.96. The minimum atomic E-state index is 0.745. The van der Waals surface area contributed by atoms with Gasteiger partial charge in [0.1, 0.15) is 11.5 Å². The molecule has 0 fully saturated rings. The molecule has 0 spiro atoms. The zero-order valence-electron chi connectivity index (χ0n) is 12.3. The summed E-state index contributed by atoms with van der Waals surface area (Å²) in [5.74, 6) is 1.86. The van der Waals surface area contributed by atoms with Crippen molar-refractivity contribution in [1.29, 1.82) is 0 Å². The molecule has 0 saturated heterocycles. The van der Waals surface area contributed by atoms with Gasteiger partial charge in [0.15, 0.2) is 0 Å². The molecule has 2 heteroatoms. The van der Waals surface area contributed by atoms with E-state index in [9.17, 15) is 0 Å². The lowest BCUT2D eigenvalue weighted by Gasteiger charge is -2.11. The molecule has 0 atom stereocenters. The summed E-state index contributed by atoms with van der Waals surface area (Å²) in [7, 11) is 0. The first kappa shape index (κ1) is 14.4. The van der Waals surface area contributed by atoms with Crippen LogP contribution in [-0.2, 0) is 0 Å². The Bertz CT molecular complexity index is 517. The van der Waals surface area contributed by atoms with Gasteiger partial charge in [-0.05, 0) is 36.6 Å². The van der Waals surface area contributed by atoms with Gasteiger partial charge in [-0.15, -0.1) is 0 Å². The van der Waals surface area contributed by atoms with Crippen LogP contribution in [0.1, 0.15) is 26.7 Å². The quantitative estimate of drug-likeness (QED) is 0.710. The summed E-state index contributed by atoms with van der Waals surface area (Å²) in [6.45, 7) is 5.72. The molecular weight excluding hydrogens is 248 g/mol. The zero-order valence-corrected chi connectivity index (χ0v) is 12.3. The lowest BCUT2D eigenvalue weighted by molar-refractivity contribution is 0.317. The van der Waals surface area contributed by atoms with Gasteiger partial charge in [-0.3, -0.25) is 0 Å². The van der Waals surface area contributed by atoms with E-state index in [2.05, 4.69) is 32.0 Å². The molecule has 0 amide bonds. The second kappa shape index (κ2) is 7.59. The van der Waals surface area contributed by atoms with E-state index < -0.39 is 0 Å². The highest BCUT2D eigenvalue weighted by Crippen LogP contribution is 2.31. The summed E-state index contributed by atoms with van der Waals surface area (Å²) in [5, 5.41) is 0. The Morgan fingerprint density at radius 1 is 0.750 bits per heavy atom. The SMILES string of the molecule is CCCOc1ccc(-c2ccccc2OCCC)cc1. The van der Waals surface area contributed by atoms with Crippen molar-refractivity contribution < 1.29 is 9.47 Å². The van der Waals surface area contributed by atoms with Gasteiger partial charge in [-0.2, -0.15) is 0 Å². The van der Waals surface area contributed by atoms with Crippen molar-refractivity contribution in [2.45, 2.75) is 26.7 Å². The van der Waals surface area contributed by atoms with Gasteiger partial charge in [0.05, 0.1) is 13.2 Å². The summed E-state index contributed by atoms with van der Waals surface area (Å²) >= 11 is 0. The van der Waals surface area contributed by atoms with E-state index in [1.807, 2.05) is 30.3 Å². The lowest BCUT2D eigenvalue weighted by atomic mass is 10.0. The Labute approximate surface area is 121 Å². The van der Waals surface area contributed by atoms with Crippen LogP contribution >= 0.6 is 0 Å². The Balaban J connectivity index is 2.18. The Morgan fingerprint density at radius 2 is 1.40 bits per heavy atom. The first-order chi connectivity index (χ1) is 9.85. The van der Waals surface area contributed by atoms with Crippen LogP contribution in [0.4, 0.5) is 0 Å². The third-order valence-corrected chi connectivity index (χ3v) is 2.99. The van der Waals surface area contributed by atoms with Gasteiger partial charge in [-0.1, -0.05) is 44.2 Å². The smallest absolute Gasteiger partial charge is 0.127 e. The predicted molar refractivity (Wildman–Crippen MR) is 83.5 cm³/mol. The van der Waals surface area contributed by atoms with Crippen molar-refractivity contribution in [3.05, 3.63) is 48.5 Å². The van der Waals surface area contributed by atoms with Crippen molar-refractivity contribution in [1.82, 2.24) is 0 Å². The summed E-state index contributed by atoms with van der Waals surface area (Å²) in [5.41, 5.74) is 2.28. The molecule has 0 aromatic heterocycles. The van der Waals surface area contributed by atoms with Gasteiger partial charge >= 0.3 is 0 Å². The van der Waals surface area contributed by atoms with Crippen LogP contribution in [0.5, 0.6) is 11.5 Å². The largest absolute Gasteiger partial charge is 0.494 e. The monoisotopic (exact) mass is 270 g/mol. The number of benzene rings is 2. The topological polar surface area (TPSA) is 18.5 Å². The summed E-state index contributed by atoms with van der Waals surface area (Å²) in [6.07, 6.45) is 2.04. The van der Waals surface area contributed by atoms with Crippen molar-refractivity contribution in [3.8, 4) is 22.6 Å². The molecule has 20 heavy (non-hydrogen) atoms. The Kier molecular flexibility index (Phi) is 5.48. The molecule has 0 N–H and O–H groups in total. The maximum atomic E-state index is 5.80. The molecule has 0 radical (unpaired) electrons. The molecule has 0 aliphatic carbocycles. The van der Waals surface area contributed by atoms with Gasteiger partial charge in [-0.25, -0.2) is 0 Å². The van der Waals surface area contributed by atoms with Gasteiger partial charge in [0.2, 0.25) is 0 Å². The molecule has 0 aliphatic heterocycles. The number of hydrogen-bond acceptors (Lipinski definition) is 2. The van der Waals surface area contributed by atoms with Crippen LogP contribution in [0, 0.1) is 0 Å². The first-order valence-corrected chi connectivity index (χ1v) is 7.30. The molecular formula is C18H22O2. The van der Waals surface area contributed by atoms with Crippen molar-refractivity contribution >= 4 is 0 Å². The average molecular weight is 270 g/mol. The molecule has 2 aromatic carbocycles. The van der Waals surface area contributed by atoms with Crippen molar-refractivity contribution in [3.63, 3.8) is 0 Å². The third-order valence-electron chi connectivity index (χ3n) is 2.99. The van der Waals surface area contributed by atoms with E-state index in [1.165, 1.54) is 0 Å². The maximum absolute atomic E-state index is 5.80.